The lowest BCUT2D eigenvalue weighted by atomic mass is 10.2. The second-order valence-corrected chi connectivity index (χ2v) is 13.7. The fourth-order valence-electron chi connectivity index (χ4n) is 2.45. The molecule has 2 aromatic rings. The first kappa shape index (κ1) is 22.8. The van der Waals surface area contributed by atoms with Crippen molar-refractivity contribution in [1.29, 1.82) is 0 Å². The van der Waals surface area contributed by atoms with Crippen LogP contribution in [0, 0.1) is 0 Å². The Balaban J connectivity index is 0.000000260. The zero-order chi connectivity index (χ0) is 19.3. The first-order chi connectivity index (χ1) is 12.5. The summed E-state index contributed by atoms with van der Waals surface area (Å²) >= 11 is 0. The molecule has 0 fully saturated rings. The Morgan fingerprint density at radius 3 is 1.62 bits per heavy atom. The van der Waals surface area contributed by atoms with Crippen LogP contribution in [0.1, 0.15) is 11.1 Å². The smallest absolute Gasteiger partial charge is 0.321 e. The summed E-state index contributed by atoms with van der Waals surface area (Å²) in [5.41, 5.74) is 2.77. The normalized spacial score (nSPS) is 11.2. The molecule has 3 nitrogen and oxygen atoms in total. The van der Waals surface area contributed by atoms with Gasteiger partial charge < -0.3 is 13.3 Å². The molecule has 26 heavy (non-hydrogen) atoms. The van der Waals surface area contributed by atoms with Crippen LogP contribution in [0.2, 0.25) is 25.2 Å². The highest BCUT2D eigenvalue weighted by molar-refractivity contribution is 6.71. The molecule has 0 aromatic heterocycles. The lowest BCUT2D eigenvalue weighted by molar-refractivity contribution is 0.277. The van der Waals surface area contributed by atoms with Crippen molar-refractivity contribution >= 4 is 17.6 Å². The van der Waals surface area contributed by atoms with Crippen LogP contribution in [0.5, 0.6) is 0 Å². The quantitative estimate of drug-likeness (QED) is 0.574. The SMILES string of the molecule is CO[SiH](CCc1ccccc1)OC.CO[Si](C)(C)CCc1ccccc1. The Bertz CT molecular complexity index is 572. The van der Waals surface area contributed by atoms with Gasteiger partial charge in [0.2, 0.25) is 0 Å². The van der Waals surface area contributed by atoms with Crippen molar-refractivity contribution in [1.82, 2.24) is 0 Å². The first-order valence-corrected chi connectivity index (χ1v) is 14.1. The van der Waals surface area contributed by atoms with E-state index in [1.165, 1.54) is 17.2 Å². The van der Waals surface area contributed by atoms with E-state index in [1.807, 2.05) is 13.2 Å². The topological polar surface area (TPSA) is 27.7 Å². The van der Waals surface area contributed by atoms with Crippen LogP contribution in [0.25, 0.3) is 0 Å². The second kappa shape index (κ2) is 13.0. The van der Waals surface area contributed by atoms with E-state index < -0.39 is 17.6 Å². The highest BCUT2D eigenvalue weighted by Gasteiger charge is 2.19. The van der Waals surface area contributed by atoms with Crippen molar-refractivity contribution in [2.45, 2.75) is 38.0 Å². The van der Waals surface area contributed by atoms with E-state index in [4.69, 9.17) is 13.3 Å². The van der Waals surface area contributed by atoms with Crippen LogP contribution in [0.4, 0.5) is 0 Å². The van der Waals surface area contributed by atoms with Crippen molar-refractivity contribution in [3.8, 4) is 0 Å². The van der Waals surface area contributed by atoms with Crippen LogP contribution < -0.4 is 0 Å². The Hall–Kier alpha value is -1.25. The van der Waals surface area contributed by atoms with E-state index in [-0.39, 0.29) is 0 Å². The zero-order valence-corrected chi connectivity index (χ0v) is 19.1. The van der Waals surface area contributed by atoms with Gasteiger partial charge in [0.05, 0.1) is 0 Å². The summed E-state index contributed by atoms with van der Waals surface area (Å²) in [7, 11) is 2.56. The maximum Gasteiger partial charge on any atom is 0.321 e. The molecule has 0 unspecified atom stereocenters. The summed E-state index contributed by atoms with van der Waals surface area (Å²) in [5.74, 6) is 0. The molecule has 0 radical (unpaired) electrons. The Morgan fingerprint density at radius 1 is 0.731 bits per heavy atom. The Kier molecular flexibility index (Phi) is 11.4. The van der Waals surface area contributed by atoms with Crippen LogP contribution >= 0.6 is 0 Å². The molecule has 0 N–H and O–H groups in total. The highest BCUT2D eigenvalue weighted by atomic mass is 28.4. The minimum Gasteiger partial charge on any atom is -0.420 e. The molecule has 2 aromatic carbocycles. The predicted octanol–water partition coefficient (Wildman–Crippen LogP) is 4.82. The summed E-state index contributed by atoms with van der Waals surface area (Å²) in [6, 6.07) is 23.3. The molecule has 0 spiro atoms. The monoisotopic (exact) mass is 390 g/mol. The number of rotatable bonds is 9. The van der Waals surface area contributed by atoms with Gasteiger partial charge in [-0.2, -0.15) is 0 Å². The first-order valence-electron chi connectivity index (χ1n) is 9.19. The fraction of sp³-hybridized carbons (Fsp3) is 0.429. The largest absolute Gasteiger partial charge is 0.420 e. The highest BCUT2D eigenvalue weighted by Crippen LogP contribution is 2.14. The minimum absolute atomic E-state index is 1.04. The van der Waals surface area contributed by atoms with Crippen molar-refractivity contribution in [3.63, 3.8) is 0 Å². The lowest BCUT2D eigenvalue weighted by Crippen LogP contribution is -2.28. The molecule has 0 aliphatic heterocycles. The number of hydrogen-bond acceptors (Lipinski definition) is 3. The molecule has 0 amide bonds. The van der Waals surface area contributed by atoms with Gasteiger partial charge in [-0.05, 0) is 49.2 Å². The van der Waals surface area contributed by atoms with Crippen molar-refractivity contribution in [2.24, 2.45) is 0 Å². The molecule has 0 saturated heterocycles. The van der Waals surface area contributed by atoms with Gasteiger partial charge in [0, 0.05) is 21.3 Å². The fourth-order valence-corrected chi connectivity index (χ4v) is 4.78. The molecule has 144 valence electrons. The van der Waals surface area contributed by atoms with Crippen LogP contribution in [-0.4, -0.2) is 38.9 Å². The van der Waals surface area contributed by atoms with Gasteiger partial charge in [-0.1, -0.05) is 60.7 Å². The van der Waals surface area contributed by atoms with E-state index in [1.54, 1.807) is 14.2 Å². The second-order valence-electron chi connectivity index (χ2n) is 6.87. The number of hydrogen-bond donors (Lipinski definition) is 0. The van der Waals surface area contributed by atoms with E-state index in [0.29, 0.717) is 0 Å². The predicted molar refractivity (Wildman–Crippen MR) is 116 cm³/mol. The van der Waals surface area contributed by atoms with Crippen LogP contribution in [0.15, 0.2) is 60.7 Å². The molecule has 0 atom stereocenters. The Labute approximate surface area is 162 Å². The van der Waals surface area contributed by atoms with Gasteiger partial charge in [-0.25, -0.2) is 0 Å². The molecule has 0 saturated carbocycles. The van der Waals surface area contributed by atoms with Gasteiger partial charge in [0.25, 0.3) is 0 Å². The zero-order valence-electron chi connectivity index (χ0n) is 16.9. The molecule has 0 heterocycles. The van der Waals surface area contributed by atoms with Gasteiger partial charge in [0.15, 0.2) is 8.32 Å². The van der Waals surface area contributed by atoms with E-state index in [0.717, 1.165) is 18.9 Å². The Morgan fingerprint density at radius 2 is 1.19 bits per heavy atom. The van der Waals surface area contributed by atoms with Gasteiger partial charge in [-0.3, -0.25) is 0 Å². The van der Waals surface area contributed by atoms with E-state index >= 15 is 0 Å². The third kappa shape index (κ3) is 10.0. The summed E-state index contributed by atoms with van der Waals surface area (Å²) in [5, 5.41) is 0. The van der Waals surface area contributed by atoms with E-state index in [2.05, 4.69) is 67.7 Å². The molecule has 0 aliphatic rings. The van der Waals surface area contributed by atoms with Gasteiger partial charge in [0.1, 0.15) is 0 Å². The van der Waals surface area contributed by atoms with Gasteiger partial charge in [-0.15, -0.1) is 0 Å². The summed E-state index contributed by atoms with van der Waals surface area (Å²) < 4.78 is 16.0. The van der Waals surface area contributed by atoms with Gasteiger partial charge >= 0.3 is 9.28 Å². The standard InChI is InChI=1S/C11H18OSi.C10H16O2Si/c1-12-13(2,3)10-9-11-7-5-4-6-8-11;1-11-13(12-2)9-8-10-6-4-3-5-7-10/h4-8H,9-10H2,1-3H3;3-7,13H,8-9H2,1-2H3. The van der Waals surface area contributed by atoms with Crippen LogP contribution in [0.3, 0.4) is 0 Å². The summed E-state index contributed by atoms with van der Waals surface area (Å²) in [4.78, 5) is 0. The minimum atomic E-state index is -1.36. The maximum atomic E-state index is 5.50. The van der Waals surface area contributed by atoms with Crippen molar-refractivity contribution < 1.29 is 13.3 Å². The third-order valence-electron chi connectivity index (χ3n) is 4.45. The van der Waals surface area contributed by atoms with Crippen molar-refractivity contribution in [2.75, 3.05) is 21.3 Å². The number of aryl methyl sites for hydroxylation is 2. The molecule has 0 aliphatic carbocycles. The van der Waals surface area contributed by atoms with Crippen molar-refractivity contribution in [3.05, 3.63) is 71.8 Å². The molecule has 5 heteroatoms. The molecular formula is C21H34O3Si2. The summed E-state index contributed by atoms with van der Waals surface area (Å²) in [6.45, 7) is 4.52. The van der Waals surface area contributed by atoms with E-state index in [9.17, 15) is 0 Å². The number of benzene rings is 2. The third-order valence-corrected chi connectivity index (χ3v) is 8.82. The van der Waals surface area contributed by atoms with Crippen LogP contribution in [-0.2, 0) is 26.1 Å². The lowest BCUT2D eigenvalue weighted by Gasteiger charge is -2.19. The average molecular weight is 391 g/mol. The molecular weight excluding hydrogens is 356 g/mol. The average Bonchev–Trinajstić information content (AvgIpc) is 2.69. The molecule has 0 bridgehead atoms. The summed E-state index contributed by atoms with van der Waals surface area (Å²) in [6.07, 6.45) is 2.20. The molecule has 2 rings (SSSR count). The maximum absolute atomic E-state index is 5.50.